The molecular formula is C22H20ClN. The number of hydrogen-bond acceptors (Lipinski definition) is 1. The average Bonchev–Trinajstić information content (AvgIpc) is 2.60. The van der Waals surface area contributed by atoms with Crippen LogP contribution in [0.5, 0.6) is 0 Å². The molecule has 4 rings (SSSR count). The highest BCUT2D eigenvalue weighted by Crippen LogP contribution is 2.38. The van der Waals surface area contributed by atoms with Gasteiger partial charge in [0.1, 0.15) is 0 Å². The van der Waals surface area contributed by atoms with E-state index in [-0.39, 0.29) is 0 Å². The fourth-order valence-electron chi connectivity index (χ4n) is 3.55. The largest absolute Gasteiger partial charge is 0.291 e. The SMILES string of the molecule is Clc1ccc(C2CN(C(c3ccccc3)c3ccccc3)C2)cc1. The van der Waals surface area contributed by atoms with Gasteiger partial charge in [0.15, 0.2) is 0 Å². The maximum atomic E-state index is 6.01. The molecule has 0 bridgehead atoms. The lowest BCUT2D eigenvalue weighted by Gasteiger charge is -2.45. The van der Waals surface area contributed by atoms with E-state index < -0.39 is 0 Å². The smallest absolute Gasteiger partial charge is 0.0602 e. The summed E-state index contributed by atoms with van der Waals surface area (Å²) in [6.45, 7) is 2.16. The van der Waals surface area contributed by atoms with Crippen molar-refractivity contribution >= 4 is 11.6 Å². The highest BCUT2D eigenvalue weighted by atomic mass is 35.5. The second-order valence-electron chi connectivity index (χ2n) is 6.43. The lowest BCUT2D eigenvalue weighted by Crippen LogP contribution is -2.47. The van der Waals surface area contributed by atoms with Crippen LogP contribution < -0.4 is 0 Å². The molecule has 2 heteroatoms. The van der Waals surface area contributed by atoms with E-state index in [2.05, 4.69) is 77.7 Å². The van der Waals surface area contributed by atoms with E-state index in [9.17, 15) is 0 Å². The summed E-state index contributed by atoms with van der Waals surface area (Å²) in [6, 6.07) is 30.2. The summed E-state index contributed by atoms with van der Waals surface area (Å²) in [5.41, 5.74) is 4.10. The van der Waals surface area contributed by atoms with Gasteiger partial charge in [-0.05, 0) is 28.8 Å². The molecule has 0 aromatic heterocycles. The van der Waals surface area contributed by atoms with Crippen LogP contribution in [0.3, 0.4) is 0 Å². The monoisotopic (exact) mass is 333 g/mol. The maximum Gasteiger partial charge on any atom is 0.0602 e. The molecule has 0 aliphatic carbocycles. The van der Waals surface area contributed by atoms with Crippen LogP contribution in [0.2, 0.25) is 5.02 Å². The molecule has 3 aromatic carbocycles. The van der Waals surface area contributed by atoms with Gasteiger partial charge in [-0.1, -0.05) is 84.4 Å². The van der Waals surface area contributed by atoms with Crippen molar-refractivity contribution < 1.29 is 0 Å². The third-order valence-electron chi connectivity index (χ3n) is 4.85. The zero-order valence-electron chi connectivity index (χ0n) is 13.5. The Morgan fingerprint density at radius 1 is 0.708 bits per heavy atom. The van der Waals surface area contributed by atoms with Crippen molar-refractivity contribution in [1.82, 2.24) is 4.90 Å². The van der Waals surface area contributed by atoms with Gasteiger partial charge in [-0.15, -0.1) is 0 Å². The number of nitrogens with zero attached hydrogens (tertiary/aromatic N) is 1. The maximum absolute atomic E-state index is 6.01. The molecule has 0 unspecified atom stereocenters. The van der Waals surface area contributed by atoms with Gasteiger partial charge in [0.25, 0.3) is 0 Å². The Balaban J connectivity index is 1.57. The van der Waals surface area contributed by atoms with E-state index >= 15 is 0 Å². The molecule has 0 amide bonds. The average molecular weight is 334 g/mol. The topological polar surface area (TPSA) is 3.24 Å². The molecule has 0 spiro atoms. The first-order chi connectivity index (χ1) is 11.8. The fraction of sp³-hybridized carbons (Fsp3) is 0.182. The molecule has 1 aliphatic heterocycles. The lowest BCUT2D eigenvalue weighted by molar-refractivity contribution is 0.111. The van der Waals surface area contributed by atoms with Crippen molar-refractivity contribution in [3.8, 4) is 0 Å². The molecule has 1 fully saturated rings. The van der Waals surface area contributed by atoms with Crippen molar-refractivity contribution in [1.29, 1.82) is 0 Å². The second-order valence-corrected chi connectivity index (χ2v) is 6.86. The van der Waals surface area contributed by atoms with Crippen molar-refractivity contribution in [2.24, 2.45) is 0 Å². The Morgan fingerprint density at radius 2 is 1.21 bits per heavy atom. The number of halogens is 1. The molecule has 0 N–H and O–H groups in total. The van der Waals surface area contributed by atoms with Gasteiger partial charge in [-0.2, -0.15) is 0 Å². The molecule has 120 valence electrons. The Labute approximate surface area is 148 Å². The molecule has 1 nitrogen and oxygen atoms in total. The highest BCUT2D eigenvalue weighted by molar-refractivity contribution is 6.30. The Kier molecular flexibility index (Phi) is 4.38. The normalized spacial score (nSPS) is 15.4. The first kappa shape index (κ1) is 15.4. The third-order valence-corrected chi connectivity index (χ3v) is 5.10. The summed E-state index contributed by atoms with van der Waals surface area (Å²) in [7, 11) is 0. The lowest BCUT2D eigenvalue weighted by atomic mass is 9.86. The Bertz CT molecular complexity index is 738. The Morgan fingerprint density at radius 3 is 1.71 bits per heavy atom. The predicted molar refractivity (Wildman–Crippen MR) is 100 cm³/mol. The quantitative estimate of drug-likeness (QED) is 0.607. The van der Waals surface area contributed by atoms with Crippen LogP contribution in [0, 0.1) is 0 Å². The van der Waals surface area contributed by atoms with Crippen LogP contribution in [0.4, 0.5) is 0 Å². The fourth-order valence-corrected chi connectivity index (χ4v) is 3.68. The Hall–Kier alpha value is -2.09. The van der Waals surface area contributed by atoms with Gasteiger partial charge >= 0.3 is 0 Å². The van der Waals surface area contributed by atoms with Gasteiger partial charge < -0.3 is 0 Å². The molecule has 24 heavy (non-hydrogen) atoms. The molecular weight excluding hydrogens is 314 g/mol. The summed E-state index contributed by atoms with van der Waals surface area (Å²) in [5.74, 6) is 0.595. The van der Waals surface area contributed by atoms with E-state index in [0.717, 1.165) is 18.1 Å². The van der Waals surface area contributed by atoms with Crippen molar-refractivity contribution in [2.45, 2.75) is 12.0 Å². The van der Waals surface area contributed by atoms with Gasteiger partial charge in [-0.3, -0.25) is 4.90 Å². The molecule has 0 atom stereocenters. The van der Waals surface area contributed by atoms with Gasteiger partial charge in [0, 0.05) is 24.0 Å². The zero-order chi connectivity index (χ0) is 16.4. The molecule has 0 radical (unpaired) electrons. The molecule has 1 saturated heterocycles. The predicted octanol–water partition coefficient (Wildman–Crippen LogP) is 5.53. The third kappa shape index (κ3) is 3.10. The number of likely N-dealkylation sites (tertiary alicyclic amines) is 1. The first-order valence-electron chi connectivity index (χ1n) is 8.40. The van der Waals surface area contributed by atoms with Crippen LogP contribution in [-0.4, -0.2) is 18.0 Å². The number of rotatable bonds is 4. The summed E-state index contributed by atoms with van der Waals surface area (Å²) in [5, 5.41) is 0.807. The number of benzene rings is 3. The van der Waals surface area contributed by atoms with E-state index in [1.54, 1.807) is 0 Å². The molecule has 3 aromatic rings. The molecule has 1 aliphatic rings. The van der Waals surface area contributed by atoms with Crippen LogP contribution >= 0.6 is 11.6 Å². The van der Waals surface area contributed by atoms with Crippen molar-refractivity contribution in [3.63, 3.8) is 0 Å². The van der Waals surface area contributed by atoms with E-state index in [1.807, 2.05) is 12.1 Å². The van der Waals surface area contributed by atoms with Crippen molar-refractivity contribution in [3.05, 3.63) is 107 Å². The highest BCUT2D eigenvalue weighted by Gasteiger charge is 2.34. The minimum Gasteiger partial charge on any atom is -0.291 e. The van der Waals surface area contributed by atoms with Crippen LogP contribution in [0.25, 0.3) is 0 Å². The number of hydrogen-bond donors (Lipinski definition) is 0. The van der Waals surface area contributed by atoms with Crippen LogP contribution in [0.1, 0.15) is 28.7 Å². The minimum atomic E-state index is 0.330. The zero-order valence-corrected chi connectivity index (χ0v) is 14.2. The first-order valence-corrected chi connectivity index (χ1v) is 8.78. The minimum absolute atomic E-state index is 0.330. The summed E-state index contributed by atoms with van der Waals surface area (Å²) < 4.78 is 0. The van der Waals surface area contributed by atoms with E-state index in [1.165, 1.54) is 16.7 Å². The van der Waals surface area contributed by atoms with E-state index in [0.29, 0.717) is 12.0 Å². The van der Waals surface area contributed by atoms with E-state index in [4.69, 9.17) is 11.6 Å². The second kappa shape index (κ2) is 6.80. The standard InChI is InChI=1S/C22H20ClN/c23-21-13-11-17(12-14-21)20-15-24(16-20)22(18-7-3-1-4-8-18)19-9-5-2-6-10-19/h1-14,20,22H,15-16H2. The van der Waals surface area contributed by atoms with Gasteiger partial charge in [-0.25, -0.2) is 0 Å². The van der Waals surface area contributed by atoms with Crippen LogP contribution in [0.15, 0.2) is 84.9 Å². The van der Waals surface area contributed by atoms with Gasteiger partial charge in [0.05, 0.1) is 6.04 Å². The van der Waals surface area contributed by atoms with Gasteiger partial charge in [0.2, 0.25) is 0 Å². The molecule has 0 saturated carbocycles. The summed E-state index contributed by atoms with van der Waals surface area (Å²) in [4.78, 5) is 2.56. The van der Waals surface area contributed by atoms with Crippen molar-refractivity contribution in [2.75, 3.05) is 13.1 Å². The van der Waals surface area contributed by atoms with Crippen LogP contribution in [-0.2, 0) is 0 Å². The summed E-state index contributed by atoms with van der Waals surface area (Å²) in [6.07, 6.45) is 0. The molecule has 1 heterocycles. The summed E-state index contributed by atoms with van der Waals surface area (Å²) >= 11 is 6.01.